The Morgan fingerprint density at radius 3 is 1.76 bits per heavy atom. The molecule has 42 heavy (non-hydrogen) atoms. The zero-order chi connectivity index (χ0) is 27.7. The topological polar surface area (TPSA) is 0 Å². The predicted molar refractivity (Wildman–Crippen MR) is 166 cm³/mol. The molecule has 0 bridgehead atoms. The average Bonchev–Trinajstić information content (AvgIpc) is 3.57. The maximum Gasteiger partial charge on any atom is -0.0253 e. The first-order valence-electron chi connectivity index (χ1n) is 13.7. The summed E-state index contributed by atoms with van der Waals surface area (Å²) < 4.78 is 1.42. The number of benzene rings is 5. The zero-order valence-corrected chi connectivity index (χ0v) is 27.8. The summed E-state index contributed by atoms with van der Waals surface area (Å²) in [7, 11) is 0. The molecule has 1 atom stereocenters. The molecule has 0 saturated heterocycles. The Morgan fingerprint density at radius 1 is 0.667 bits per heavy atom. The molecule has 0 saturated carbocycles. The number of hydrogen-bond donors (Lipinski definition) is 0. The van der Waals surface area contributed by atoms with Crippen molar-refractivity contribution in [3.8, 4) is 11.1 Å². The minimum absolute atomic E-state index is 0. The van der Waals surface area contributed by atoms with E-state index in [2.05, 4.69) is 153 Å². The van der Waals surface area contributed by atoms with Crippen LogP contribution in [-0.2, 0) is 30.7 Å². The van der Waals surface area contributed by atoms with Crippen LogP contribution < -0.4 is 24.8 Å². The molecule has 7 rings (SSSR count). The Balaban J connectivity index is 0.000000169. The van der Waals surface area contributed by atoms with E-state index >= 15 is 0 Å². The molecule has 2 aliphatic rings. The minimum Gasteiger partial charge on any atom is -0.179 e. The summed E-state index contributed by atoms with van der Waals surface area (Å²) in [5.41, 5.74) is 12.1. The summed E-state index contributed by atoms with van der Waals surface area (Å²) in [5.74, 6) is 0.468. The second-order valence-corrected chi connectivity index (χ2v) is 11.2. The van der Waals surface area contributed by atoms with Crippen LogP contribution in [0.4, 0.5) is 0 Å². The van der Waals surface area contributed by atoms with Gasteiger partial charge in [-0.2, -0.15) is 41.5 Å². The molecular weight excluding hydrogens is 631 g/mol. The van der Waals surface area contributed by atoms with Crippen LogP contribution in [0.15, 0.2) is 145 Å². The van der Waals surface area contributed by atoms with Gasteiger partial charge in [-0.15, -0.1) is 11.1 Å². The van der Waals surface area contributed by atoms with Gasteiger partial charge in [0.05, 0.1) is 0 Å². The van der Waals surface area contributed by atoms with Crippen LogP contribution in [0.2, 0.25) is 0 Å². The molecule has 0 heterocycles. The molecule has 1 unspecified atom stereocenters. The fraction of sp³-hybridized carbons (Fsp3) is 0.103. The number of hydrogen-bond acceptors (Lipinski definition) is 0. The summed E-state index contributed by atoms with van der Waals surface area (Å²) >= 11 is 1.46. The van der Waals surface area contributed by atoms with Crippen LogP contribution in [-0.4, -0.2) is 3.21 Å². The molecule has 5 aromatic rings. The number of allylic oxidation sites excluding steroid dienone is 4. The van der Waals surface area contributed by atoms with Gasteiger partial charge < -0.3 is 24.8 Å². The van der Waals surface area contributed by atoms with Crippen LogP contribution in [0.5, 0.6) is 0 Å². The van der Waals surface area contributed by atoms with Crippen molar-refractivity contribution in [2.75, 3.05) is 0 Å². The van der Waals surface area contributed by atoms with Gasteiger partial charge in [0.15, 0.2) is 0 Å². The van der Waals surface area contributed by atoms with Gasteiger partial charge in [-0.3, -0.25) is 6.08 Å². The summed E-state index contributed by atoms with van der Waals surface area (Å²) in [5, 5.41) is 0. The maximum atomic E-state index is 3.39. The van der Waals surface area contributed by atoms with Gasteiger partial charge in [0, 0.05) is 0 Å². The van der Waals surface area contributed by atoms with E-state index in [0.717, 1.165) is 6.42 Å². The van der Waals surface area contributed by atoms with E-state index in [1.165, 1.54) is 77.5 Å². The normalized spacial score (nSPS) is 13.7. The summed E-state index contributed by atoms with van der Waals surface area (Å²) in [6.07, 6.45) is 6.71. The standard InChI is InChI=1S/C13H9.C13H13.C13H10.2ClH.Zr/c1-3-7-12-10(5-1)9-11-6-2-4-8-13(11)12;1-10-8-11(2)13(9-10)12-6-4-3-5-7-12;1-3-7-12(8-4-1)11-13-9-5-2-6-10-13;;;/h1-5,7-8H,9H2;3-7,9-10H,1-2H3;1-10H;2*1H;/q2*-1;;;;+2/p-2. The van der Waals surface area contributed by atoms with Crippen molar-refractivity contribution in [3.63, 3.8) is 0 Å². The number of halogens is 2. The second kappa shape index (κ2) is 16.5. The molecule has 0 aromatic heterocycles. The van der Waals surface area contributed by atoms with Crippen molar-refractivity contribution in [1.29, 1.82) is 0 Å². The second-order valence-electron chi connectivity index (χ2n) is 10.0. The molecule has 0 fully saturated rings. The first kappa shape index (κ1) is 33.4. The van der Waals surface area contributed by atoms with E-state index in [4.69, 9.17) is 0 Å². The van der Waals surface area contributed by atoms with Crippen LogP contribution in [0.25, 0.3) is 16.7 Å². The van der Waals surface area contributed by atoms with E-state index < -0.39 is 0 Å². The number of fused-ring (bicyclic) bond motifs is 3. The van der Waals surface area contributed by atoms with Gasteiger partial charge in [-0.25, -0.2) is 5.57 Å². The van der Waals surface area contributed by atoms with Crippen molar-refractivity contribution in [2.24, 2.45) is 5.92 Å². The van der Waals surface area contributed by atoms with Gasteiger partial charge in [0.1, 0.15) is 0 Å². The third-order valence-electron chi connectivity index (χ3n) is 7.09. The Labute approximate surface area is 278 Å². The van der Waals surface area contributed by atoms with Gasteiger partial charge in [-0.1, -0.05) is 85.5 Å². The smallest absolute Gasteiger partial charge is 0.0253 e. The van der Waals surface area contributed by atoms with Gasteiger partial charge in [0.25, 0.3) is 0 Å². The molecule has 0 radical (unpaired) electrons. The van der Waals surface area contributed by atoms with E-state index in [1.807, 2.05) is 12.1 Å². The van der Waals surface area contributed by atoms with Gasteiger partial charge in [0.2, 0.25) is 0 Å². The first-order chi connectivity index (χ1) is 19.6. The van der Waals surface area contributed by atoms with Crippen molar-refractivity contribution in [2.45, 2.75) is 20.3 Å². The summed E-state index contributed by atoms with van der Waals surface area (Å²) in [6, 6.07) is 49.7. The van der Waals surface area contributed by atoms with Crippen LogP contribution in [0, 0.1) is 18.1 Å². The third kappa shape index (κ3) is 8.48. The molecule has 0 aliphatic heterocycles. The van der Waals surface area contributed by atoms with Crippen molar-refractivity contribution in [1.82, 2.24) is 0 Å². The van der Waals surface area contributed by atoms with E-state index in [9.17, 15) is 0 Å². The molecule has 0 spiro atoms. The molecule has 0 amide bonds. The SMILES string of the molecule is CC1=[C-]C(C)C=C1c1ccccc1.[Cl-].[Cl-].[Zr+2]=[C](c1ccccc1)c1ccccc1.[c-]1cccc2c1Cc1ccccc1-2. The largest absolute Gasteiger partial charge is 0.179 e. The van der Waals surface area contributed by atoms with Crippen molar-refractivity contribution < 1.29 is 49.0 Å². The summed E-state index contributed by atoms with van der Waals surface area (Å²) in [4.78, 5) is 0. The Bertz CT molecular complexity index is 1550. The van der Waals surface area contributed by atoms with Gasteiger partial charge in [-0.05, 0) is 6.42 Å². The zero-order valence-electron chi connectivity index (χ0n) is 23.8. The maximum absolute atomic E-state index is 3.39. The fourth-order valence-electron chi connectivity index (χ4n) is 5.14. The molecule has 208 valence electrons. The molecule has 2 aliphatic carbocycles. The Kier molecular flexibility index (Phi) is 13.1. The minimum atomic E-state index is 0. The fourth-order valence-corrected chi connectivity index (χ4v) is 5.96. The summed E-state index contributed by atoms with van der Waals surface area (Å²) in [6.45, 7) is 4.29. The first-order valence-corrected chi connectivity index (χ1v) is 15.0. The molecule has 5 aromatic carbocycles. The number of rotatable bonds is 3. The monoisotopic (exact) mass is 660 g/mol. The van der Waals surface area contributed by atoms with E-state index in [-0.39, 0.29) is 24.8 Å². The van der Waals surface area contributed by atoms with Crippen LogP contribution in [0.3, 0.4) is 0 Å². The predicted octanol–water partition coefficient (Wildman–Crippen LogP) is 3.34. The molecule has 0 nitrogen and oxygen atoms in total. The Hall–Kier alpha value is -3.09. The molecule has 0 N–H and O–H groups in total. The van der Waals surface area contributed by atoms with E-state index in [0.29, 0.717) is 5.92 Å². The van der Waals surface area contributed by atoms with Gasteiger partial charge >= 0.3 is 99.2 Å². The quantitative estimate of drug-likeness (QED) is 0.255. The third-order valence-corrected chi connectivity index (χ3v) is 8.51. The van der Waals surface area contributed by atoms with Crippen LogP contribution >= 0.6 is 0 Å². The van der Waals surface area contributed by atoms with E-state index in [1.54, 1.807) is 0 Å². The van der Waals surface area contributed by atoms with Crippen molar-refractivity contribution in [3.05, 3.63) is 185 Å². The Morgan fingerprint density at radius 2 is 1.19 bits per heavy atom. The average molecular weight is 663 g/mol. The van der Waals surface area contributed by atoms with Crippen LogP contribution in [0.1, 0.15) is 41.7 Å². The van der Waals surface area contributed by atoms with Crippen molar-refractivity contribution >= 4 is 8.78 Å². The molecular formula is C39H32Cl2Zr-2. The molecule has 3 heteroatoms.